The number of halogens is 1. The number of benzene rings is 1. The van der Waals surface area contributed by atoms with Crippen molar-refractivity contribution >= 4 is 25.8 Å². The van der Waals surface area contributed by atoms with E-state index in [1.165, 1.54) is 0 Å². The van der Waals surface area contributed by atoms with E-state index in [0.29, 0.717) is 29.8 Å². The number of hydrogen-bond acceptors (Lipinski definition) is 4. The summed E-state index contributed by atoms with van der Waals surface area (Å²) >= 11 is 3.32. The quantitative estimate of drug-likeness (QED) is 0.857. The van der Waals surface area contributed by atoms with Crippen LogP contribution in [0.4, 0.5) is 0 Å². The molecule has 0 saturated carbocycles. The first-order chi connectivity index (χ1) is 9.92. The molecule has 2 N–H and O–H groups in total. The van der Waals surface area contributed by atoms with Gasteiger partial charge in [-0.3, -0.25) is 0 Å². The molecule has 4 nitrogen and oxygen atoms in total. The van der Waals surface area contributed by atoms with Crippen LogP contribution < -0.4 is 5.73 Å². The molecule has 1 fully saturated rings. The normalized spacial score (nSPS) is 24.1. The highest BCUT2D eigenvalue weighted by Gasteiger charge is 2.26. The third-order valence-electron chi connectivity index (χ3n) is 4.35. The second kappa shape index (κ2) is 7.22. The molecule has 0 amide bonds. The average Bonchev–Trinajstić information content (AvgIpc) is 2.47. The number of likely N-dealkylation sites (tertiary alicyclic amines) is 1. The van der Waals surface area contributed by atoms with Crippen LogP contribution in [0.5, 0.6) is 0 Å². The van der Waals surface area contributed by atoms with E-state index in [0.717, 1.165) is 24.0 Å². The summed E-state index contributed by atoms with van der Waals surface area (Å²) in [6.45, 7) is 5.37. The van der Waals surface area contributed by atoms with E-state index in [1.54, 1.807) is 24.3 Å². The summed E-state index contributed by atoms with van der Waals surface area (Å²) in [5, 5.41) is 0. The van der Waals surface area contributed by atoms with Crippen molar-refractivity contribution in [2.75, 3.05) is 31.9 Å². The van der Waals surface area contributed by atoms with Gasteiger partial charge < -0.3 is 10.6 Å². The molecule has 6 heteroatoms. The van der Waals surface area contributed by atoms with Crippen LogP contribution in [0, 0.1) is 11.8 Å². The SMILES string of the molecule is CC1CCN(CCS(=O)(=O)c2ccc(Br)cc2)CC1CN. The molecule has 0 aromatic heterocycles. The van der Waals surface area contributed by atoms with Crippen molar-refractivity contribution < 1.29 is 8.42 Å². The van der Waals surface area contributed by atoms with Crippen LogP contribution >= 0.6 is 15.9 Å². The summed E-state index contributed by atoms with van der Waals surface area (Å²) in [4.78, 5) is 2.62. The Labute approximate surface area is 135 Å². The highest BCUT2D eigenvalue weighted by atomic mass is 79.9. The highest BCUT2D eigenvalue weighted by molar-refractivity contribution is 9.10. The van der Waals surface area contributed by atoms with Crippen LogP contribution in [0.3, 0.4) is 0 Å². The van der Waals surface area contributed by atoms with E-state index < -0.39 is 9.84 Å². The lowest BCUT2D eigenvalue weighted by Crippen LogP contribution is -2.44. The fourth-order valence-corrected chi connectivity index (χ4v) is 4.29. The van der Waals surface area contributed by atoms with E-state index in [2.05, 4.69) is 27.8 Å². The van der Waals surface area contributed by atoms with E-state index >= 15 is 0 Å². The Balaban J connectivity index is 1.94. The van der Waals surface area contributed by atoms with Crippen LogP contribution in [-0.2, 0) is 9.84 Å². The summed E-state index contributed by atoms with van der Waals surface area (Å²) in [6.07, 6.45) is 1.10. The third-order valence-corrected chi connectivity index (χ3v) is 6.59. The molecule has 2 atom stereocenters. The minimum Gasteiger partial charge on any atom is -0.330 e. The molecule has 118 valence electrons. The Kier molecular flexibility index (Phi) is 5.82. The maximum atomic E-state index is 12.3. The molecule has 1 aromatic rings. The first kappa shape index (κ1) is 16.9. The molecule has 2 unspecified atom stereocenters. The molecule has 0 bridgehead atoms. The van der Waals surface area contributed by atoms with Crippen LogP contribution in [0.2, 0.25) is 0 Å². The van der Waals surface area contributed by atoms with Crippen molar-refractivity contribution in [3.63, 3.8) is 0 Å². The minimum atomic E-state index is -3.21. The Hall–Kier alpha value is -0.430. The average molecular weight is 375 g/mol. The van der Waals surface area contributed by atoms with E-state index in [4.69, 9.17) is 5.73 Å². The number of sulfone groups is 1. The van der Waals surface area contributed by atoms with Crippen LogP contribution in [0.1, 0.15) is 13.3 Å². The minimum absolute atomic E-state index is 0.167. The fraction of sp³-hybridized carbons (Fsp3) is 0.600. The summed E-state index contributed by atoms with van der Waals surface area (Å²) in [7, 11) is -3.21. The van der Waals surface area contributed by atoms with Gasteiger partial charge in [0.15, 0.2) is 9.84 Å². The lowest BCUT2D eigenvalue weighted by molar-refractivity contribution is 0.139. The third kappa shape index (κ3) is 4.52. The lowest BCUT2D eigenvalue weighted by Gasteiger charge is -2.36. The Morgan fingerprint density at radius 3 is 2.62 bits per heavy atom. The first-order valence-corrected chi connectivity index (χ1v) is 9.77. The molecule has 1 aliphatic rings. The van der Waals surface area contributed by atoms with Crippen LogP contribution in [0.25, 0.3) is 0 Å². The molecule has 21 heavy (non-hydrogen) atoms. The van der Waals surface area contributed by atoms with Gasteiger partial charge in [0, 0.05) is 17.6 Å². The van der Waals surface area contributed by atoms with Crippen molar-refractivity contribution in [2.24, 2.45) is 17.6 Å². The molecule has 1 heterocycles. The summed E-state index contributed by atoms with van der Waals surface area (Å²) < 4.78 is 25.6. The van der Waals surface area contributed by atoms with Gasteiger partial charge in [0.1, 0.15) is 0 Å². The van der Waals surface area contributed by atoms with Crippen molar-refractivity contribution in [1.29, 1.82) is 0 Å². The van der Waals surface area contributed by atoms with Gasteiger partial charge in [-0.25, -0.2) is 8.42 Å². The summed E-state index contributed by atoms with van der Waals surface area (Å²) in [5.74, 6) is 1.28. The van der Waals surface area contributed by atoms with Gasteiger partial charge >= 0.3 is 0 Å². The molecule has 2 rings (SSSR count). The number of piperidine rings is 1. The topological polar surface area (TPSA) is 63.4 Å². The number of rotatable bonds is 5. The molecular weight excluding hydrogens is 352 g/mol. The second-order valence-corrected chi connectivity index (χ2v) is 8.86. The second-order valence-electron chi connectivity index (χ2n) is 5.84. The molecular formula is C15H23BrN2O2S. The molecule has 1 aromatic carbocycles. The van der Waals surface area contributed by atoms with Gasteiger partial charge in [0.25, 0.3) is 0 Å². The van der Waals surface area contributed by atoms with E-state index in [1.807, 2.05) is 0 Å². The smallest absolute Gasteiger partial charge is 0.179 e. The zero-order valence-electron chi connectivity index (χ0n) is 12.3. The molecule has 0 aliphatic carbocycles. The fourth-order valence-electron chi connectivity index (χ4n) is 2.74. The Morgan fingerprint density at radius 2 is 2.00 bits per heavy atom. The molecule has 1 aliphatic heterocycles. The molecule has 0 radical (unpaired) electrons. The van der Waals surface area contributed by atoms with Gasteiger partial charge in [-0.15, -0.1) is 0 Å². The van der Waals surface area contributed by atoms with Crippen LogP contribution in [0.15, 0.2) is 33.6 Å². The van der Waals surface area contributed by atoms with Gasteiger partial charge in [-0.2, -0.15) is 0 Å². The standard InChI is InChI=1S/C15H23BrN2O2S/c1-12-6-7-18(11-13(12)10-17)8-9-21(19,20)15-4-2-14(16)3-5-15/h2-5,12-13H,6-11,17H2,1H3. The number of nitrogens with two attached hydrogens (primary N) is 1. The number of nitrogens with zero attached hydrogens (tertiary/aromatic N) is 1. The van der Waals surface area contributed by atoms with Gasteiger partial charge in [-0.1, -0.05) is 22.9 Å². The summed E-state index contributed by atoms with van der Waals surface area (Å²) in [5.41, 5.74) is 5.79. The van der Waals surface area contributed by atoms with Crippen molar-refractivity contribution in [3.05, 3.63) is 28.7 Å². The van der Waals surface area contributed by atoms with E-state index in [9.17, 15) is 8.42 Å². The van der Waals surface area contributed by atoms with Gasteiger partial charge in [-0.05, 0) is 55.6 Å². The predicted molar refractivity (Wildman–Crippen MR) is 89.0 cm³/mol. The van der Waals surface area contributed by atoms with E-state index in [-0.39, 0.29) is 5.75 Å². The van der Waals surface area contributed by atoms with Gasteiger partial charge in [0.2, 0.25) is 0 Å². The monoisotopic (exact) mass is 374 g/mol. The molecule has 0 spiro atoms. The predicted octanol–water partition coefficient (Wildman–Crippen LogP) is 2.14. The zero-order valence-corrected chi connectivity index (χ0v) is 14.7. The zero-order chi connectivity index (χ0) is 15.5. The largest absolute Gasteiger partial charge is 0.330 e. The van der Waals surface area contributed by atoms with Crippen LogP contribution in [-0.4, -0.2) is 45.2 Å². The summed E-state index contributed by atoms with van der Waals surface area (Å²) in [6, 6.07) is 6.83. The Morgan fingerprint density at radius 1 is 1.33 bits per heavy atom. The highest BCUT2D eigenvalue weighted by Crippen LogP contribution is 2.22. The first-order valence-electron chi connectivity index (χ1n) is 7.33. The number of hydrogen-bond donors (Lipinski definition) is 1. The van der Waals surface area contributed by atoms with Crippen molar-refractivity contribution in [3.8, 4) is 0 Å². The Bertz CT molecular complexity index is 560. The maximum absolute atomic E-state index is 12.3. The van der Waals surface area contributed by atoms with Crippen molar-refractivity contribution in [1.82, 2.24) is 4.90 Å². The lowest BCUT2D eigenvalue weighted by atomic mass is 9.87. The maximum Gasteiger partial charge on any atom is 0.179 e. The van der Waals surface area contributed by atoms with Crippen molar-refractivity contribution in [2.45, 2.75) is 18.2 Å². The molecule has 1 saturated heterocycles. The van der Waals surface area contributed by atoms with Gasteiger partial charge in [0.05, 0.1) is 10.6 Å².